The van der Waals surface area contributed by atoms with Gasteiger partial charge in [-0.1, -0.05) is 12.1 Å². The molecule has 0 radical (unpaired) electrons. The van der Waals surface area contributed by atoms with Crippen LogP contribution in [0.3, 0.4) is 0 Å². The SMILES string of the molecule is O=C(O)CC(c1ccc(F)cc1)C1CCNCC1. The van der Waals surface area contributed by atoms with E-state index >= 15 is 0 Å². The van der Waals surface area contributed by atoms with Crippen molar-refractivity contribution in [3.63, 3.8) is 0 Å². The molecule has 3 nitrogen and oxygen atoms in total. The Morgan fingerprint density at radius 2 is 1.94 bits per heavy atom. The van der Waals surface area contributed by atoms with Crippen LogP contribution < -0.4 is 5.32 Å². The molecule has 0 spiro atoms. The molecule has 2 N–H and O–H groups in total. The molecule has 0 saturated carbocycles. The first kappa shape index (κ1) is 13.0. The van der Waals surface area contributed by atoms with Gasteiger partial charge in [0.25, 0.3) is 0 Å². The molecule has 1 unspecified atom stereocenters. The molecule has 2 rings (SSSR count). The Balaban J connectivity index is 2.17. The van der Waals surface area contributed by atoms with Gasteiger partial charge in [0.15, 0.2) is 0 Å². The number of carbonyl (C=O) groups is 1. The van der Waals surface area contributed by atoms with Crippen LogP contribution in [-0.4, -0.2) is 24.2 Å². The van der Waals surface area contributed by atoms with Crippen LogP contribution in [-0.2, 0) is 4.79 Å². The van der Waals surface area contributed by atoms with E-state index in [0.29, 0.717) is 5.92 Å². The highest BCUT2D eigenvalue weighted by Crippen LogP contribution is 2.33. The summed E-state index contributed by atoms with van der Waals surface area (Å²) in [5.41, 5.74) is 0.936. The van der Waals surface area contributed by atoms with Crippen molar-refractivity contribution in [2.45, 2.75) is 25.2 Å². The van der Waals surface area contributed by atoms with Crippen molar-refractivity contribution in [1.82, 2.24) is 5.32 Å². The molecule has 1 heterocycles. The van der Waals surface area contributed by atoms with Crippen molar-refractivity contribution in [3.8, 4) is 0 Å². The van der Waals surface area contributed by atoms with Crippen LogP contribution in [0, 0.1) is 11.7 Å². The summed E-state index contributed by atoms with van der Waals surface area (Å²) >= 11 is 0. The molecule has 0 bridgehead atoms. The number of carboxylic acid groups (broad SMARTS) is 1. The number of benzene rings is 1. The zero-order valence-electron chi connectivity index (χ0n) is 10.2. The third-order valence-corrected chi connectivity index (χ3v) is 3.65. The quantitative estimate of drug-likeness (QED) is 0.863. The topological polar surface area (TPSA) is 49.3 Å². The molecule has 1 aromatic carbocycles. The summed E-state index contributed by atoms with van der Waals surface area (Å²) in [5.74, 6) is -0.709. The molecule has 4 heteroatoms. The minimum Gasteiger partial charge on any atom is -0.481 e. The molecule has 0 amide bonds. The van der Waals surface area contributed by atoms with Gasteiger partial charge in [-0.2, -0.15) is 0 Å². The second-order valence-electron chi connectivity index (χ2n) is 4.84. The maximum Gasteiger partial charge on any atom is 0.303 e. The molecule has 1 fully saturated rings. The number of aliphatic carboxylic acids is 1. The van der Waals surface area contributed by atoms with E-state index in [4.69, 9.17) is 5.11 Å². The first-order valence-electron chi connectivity index (χ1n) is 6.35. The molecule has 1 saturated heterocycles. The van der Waals surface area contributed by atoms with Crippen LogP contribution >= 0.6 is 0 Å². The molecule has 1 aliphatic heterocycles. The minimum absolute atomic E-state index is 0.00907. The number of nitrogens with one attached hydrogen (secondary N) is 1. The molecular weight excluding hydrogens is 233 g/mol. The zero-order chi connectivity index (χ0) is 13.0. The smallest absolute Gasteiger partial charge is 0.303 e. The summed E-state index contributed by atoms with van der Waals surface area (Å²) in [5, 5.41) is 12.3. The van der Waals surface area contributed by atoms with Crippen LogP contribution in [0.1, 0.15) is 30.7 Å². The van der Waals surface area contributed by atoms with Gasteiger partial charge in [0, 0.05) is 0 Å². The normalized spacial score (nSPS) is 18.5. The summed E-state index contributed by atoms with van der Waals surface area (Å²) in [6, 6.07) is 6.24. The Morgan fingerprint density at radius 3 is 2.50 bits per heavy atom. The van der Waals surface area contributed by atoms with Crippen molar-refractivity contribution in [1.29, 1.82) is 0 Å². The number of piperidine rings is 1. The first-order valence-corrected chi connectivity index (χ1v) is 6.35. The van der Waals surface area contributed by atoms with Crippen molar-refractivity contribution < 1.29 is 14.3 Å². The summed E-state index contributed by atoms with van der Waals surface area (Å²) < 4.78 is 12.9. The summed E-state index contributed by atoms with van der Waals surface area (Å²) in [7, 11) is 0. The molecule has 1 atom stereocenters. The zero-order valence-corrected chi connectivity index (χ0v) is 10.2. The van der Waals surface area contributed by atoms with E-state index in [1.54, 1.807) is 12.1 Å². The minimum atomic E-state index is -0.789. The van der Waals surface area contributed by atoms with Gasteiger partial charge >= 0.3 is 5.97 Å². The first-order chi connectivity index (χ1) is 8.66. The predicted octanol–water partition coefficient (Wildman–Crippen LogP) is 2.38. The third-order valence-electron chi connectivity index (χ3n) is 3.65. The number of carboxylic acids is 1. The van der Waals surface area contributed by atoms with Gasteiger partial charge in [0.05, 0.1) is 6.42 Å². The molecule has 1 aromatic rings. The van der Waals surface area contributed by atoms with E-state index < -0.39 is 5.97 Å². The third kappa shape index (κ3) is 3.29. The van der Waals surface area contributed by atoms with E-state index in [1.165, 1.54) is 12.1 Å². The van der Waals surface area contributed by atoms with E-state index in [2.05, 4.69) is 5.32 Å². The van der Waals surface area contributed by atoms with Crippen molar-refractivity contribution in [2.75, 3.05) is 13.1 Å². The maximum atomic E-state index is 12.9. The lowest BCUT2D eigenvalue weighted by atomic mass is 9.78. The molecule has 0 aromatic heterocycles. The van der Waals surface area contributed by atoms with Crippen LogP contribution in [0.4, 0.5) is 4.39 Å². The Morgan fingerprint density at radius 1 is 1.33 bits per heavy atom. The Bertz CT molecular complexity index is 399. The lowest BCUT2D eigenvalue weighted by Crippen LogP contribution is -2.31. The van der Waals surface area contributed by atoms with Crippen LogP contribution in [0.2, 0.25) is 0 Å². The maximum absolute atomic E-state index is 12.9. The lowest BCUT2D eigenvalue weighted by Gasteiger charge is -2.30. The largest absolute Gasteiger partial charge is 0.481 e. The Hall–Kier alpha value is -1.42. The average Bonchev–Trinajstić information content (AvgIpc) is 2.38. The Labute approximate surface area is 106 Å². The number of rotatable bonds is 4. The highest BCUT2D eigenvalue weighted by molar-refractivity contribution is 5.68. The van der Waals surface area contributed by atoms with Gasteiger partial charge in [-0.05, 0) is 55.5 Å². The highest BCUT2D eigenvalue weighted by Gasteiger charge is 2.26. The fourth-order valence-corrected chi connectivity index (χ4v) is 2.70. The molecule has 0 aliphatic carbocycles. The Kier molecular flexibility index (Phi) is 4.31. The van der Waals surface area contributed by atoms with Crippen molar-refractivity contribution >= 4 is 5.97 Å². The fraction of sp³-hybridized carbons (Fsp3) is 0.500. The lowest BCUT2D eigenvalue weighted by molar-refractivity contribution is -0.137. The highest BCUT2D eigenvalue weighted by atomic mass is 19.1. The van der Waals surface area contributed by atoms with E-state index in [0.717, 1.165) is 31.5 Å². The average molecular weight is 251 g/mol. The molecule has 98 valence electrons. The van der Waals surface area contributed by atoms with Gasteiger partial charge < -0.3 is 10.4 Å². The number of hydrogen-bond acceptors (Lipinski definition) is 2. The fourth-order valence-electron chi connectivity index (χ4n) is 2.70. The second-order valence-corrected chi connectivity index (χ2v) is 4.84. The van der Waals surface area contributed by atoms with E-state index in [9.17, 15) is 9.18 Å². The summed E-state index contributed by atoms with van der Waals surface area (Å²) in [6.07, 6.45) is 2.08. The predicted molar refractivity (Wildman–Crippen MR) is 67.0 cm³/mol. The van der Waals surface area contributed by atoms with Crippen molar-refractivity contribution in [3.05, 3.63) is 35.6 Å². The second kappa shape index (κ2) is 5.96. The number of halogens is 1. The molecule has 18 heavy (non-hydrogen) atoms. The van der Waals surface area contributed by atoms with Gasteiger partial charge in [0.2, 0.25) is 0 Å². The van der Waals surface area contributed by atoms with Crippen LogP contribution in [0.5, 0.6) is 0 Å². The van der Waals surface area contributed by atoms with Crippen LogP contribution in [0.15, 0.2) is 24.3 Å². The monoisotopic (exact) mass is 251 g/mol. The number of hydrogen-bond donors (Lipinski definition) is 2. The standard InChI is InChI=1S/C14H18FNO2/c15-12-3-1-10(2-4-12)13(9-14(17)18)11-5-7-16-8-6-11/h1-4,11,13,16H,5-9H2,(H,17,18). The van der Waals surface area contributed by atoms with Gasteiger partial charge in [-0.3, -0.25) is 4.79 Å². The van der Waals surface area contributed by atoms with Gasteiger partial charge in [-0.25, -0.2) is 4.39 Å². The summed E-state index contributed by atoms with van der Waals surface area (Å²) in [6.45, 7) is 1.87. The molecule has 1 aliphatic rings. The van der Waals surface area contributed by atoms with Crippen molar-refractivity contribution in [2.24, 2.45) is 5.92 Å². The van der Waals surface area contributed by atoms with Gasteiger partial charge in [-0.15, -0.1) is 0 Å². The van der Waals surface area contributed by atoms with E-state index in [1.807, 2.05) is 0 Å². The van der Waals surface area contributed by atoms with E-state index in [-0.39, 0.29) is 18.2 Å². The summed E-state index contributed by atoms with van der Waals surface area (Å²) in [4.78, 5) is 11.0. The van der Waals surface area contributed by atoms with Crippen LogP contribution in [0.25, 0.3) is 0 Å². The van der Waals surface area contributed by atoms with Gasteiger partial charge in [0.1, 0.15) is 5.82 Å². The molecular formula is C14H18FNO2.